The standard InChI is InChI=1S/C18H32O/c1-2-3-4-5-6-7-8-9-10-17(19)18(15-11-12-15)16-13-14-16/h15-16,18H,2-14H2,1H3. The largest absolute Gasteiger partial charge is 0.299 e. The number of rotatable bonds is 12. The van der Waals surface area contributed by atoms with Crippen LogP contribution in [0.3, 0.4) is 0 Å². The second kappa shape index (κ2) is 8.07. The molecule has 2 rings (SSSR count). The first-order chi connectivity index (χ1) is 9.33. The van der Waals surface area contributed by atoms with E-state index in [9.17, 15) is 4.79 Å². The molecule has 2 aliphatic carbocycles. The van der Waals surface area contributed by atoms with Gasteiger partial charge in [0.15, 0.2) is 0 Å². The van der Waals surface area contributed by atoms with Crippen LogP contribution in [-0.2, 0) is 4.79 Å². The summed E-state index contributed by atoms with van der Waals surface area (Å²) in [4.78, 5) is 12.3. The highest BCUT2D eigenvalue weighted by Crippen LogP contribution is 2.50. The van der Waals surface area contributed by atoms with E-state index in [0.29, 0.717) is 11.7 Å². The summed E-state index contributed by atoms with van der Waals surface area (Å²) in [5, 5.41) is 0. The van der Waals surface area contributed by atoms with Gasteiger partial charge in [-0.25, -0.2) is 0 Å². The first-order valence-electron chi connectivity index (χ1n) is 8.85. The normalized spacial score (nSPS) is 19.1. The summed E-state index contributed by atoms with van der Waals surface area (Å²) in [6.45, 7) is 2.27. The lowest BCUT2D eigenvalue weighted by Crippen LogP contribution is -2.18. The monoisotopic (exact) mass is 264 g/mol. The van der Waals surface area contributed by atoms with Crippen LogP contribution in [0, 0.1) is 17.8 Å². The van der Waals surface area contributed by atoms with Crippen LogP contribution in [0.25, 0.3) is 0 Å². The lowest BCUT2D eigenvalue weighted by molar-refractivity contribution is -0.124. The molecule has 2 saturated carbocycles. The van der Waals surface area contributed by atoms with Gasteiger partial charge in [0.05, 0.1) is 0 Å². The van der Waals surface area contributed by atoms with Gasteiger partial charge >= 0.3 is 0 Å². The Morgan fingerprint density at radius 3 is 1.79 bits per heavy atom. The molecular weight excluding hydrogens is 232 g/mol. The van der Waals surface area contributed by atoms with E-state index >= 15 is 0 Å². The van der Waals surface area contributed by atoms with E-state index in [1.165, 1.54) is 70.6 Å². The third-order valence-corrected chi connectivity index (χ3v) is 4.91. The molecule has 110 valence electrons. The van der Waals surface area contributed by atoms with E-state index in [1.807, 2.05) is 0 Å². The van der Waals surface area contributed by atoms with Crippen molar-refractivity contribution in [2.75, 3.05) is 0 Å². The Labute approximate surface area is 119 Å². The molecule has 1 nitrogen and oxygen atoms in total. The lowest BCUT2D eigenvalue weighted by Gasteiger charge is -2.13. The fraction of sp³-hybridized carbons (Fsp3) is 0.944. The minimum atomic E-state index is 0.490. The maximum Gasteiger partial charge on any atom is 0.136 e. The van der Waals surface area contributed by atoms with Gasteiger partial charge in [-0.2, -0.15) is 0 Å². The molecule has 0 bridgehead atoms. The minimum Gasteiger partial charge on any atom is -0.299 e. The fourth-order valence-electron chi connectivity index (χ4n) is 3.42. The van der Waals surface area contributed by atoms with E-state index in [4.69, 9.17) is 0 Å². The topological polar surface area (TPSA) is 17.1 Å². The third kappa shape index (κ3) is 5.67. The number of carbonyl (C=O) groups is 1. The van der Waals surface area contributed by atoms with Gasteiger partial charge in [-0.15, -0.1) is 0 Å². The van der Waals surface area contributed by atoms with E-state index in [0.717, 1.165) is 24.7 Å². The third-order valence-electron chi connectivity index (χ3n) is 4.91. The van der Waals surface area contributed by atoms with E-state index in [-0.39, 0.29) is 0 Å². The van der Waals surface area contributed by atoms with Crippen LogP contribution in [0.2, 0.25) is 0 Å². The molecule has 0 unspecified atom stereocenters. The molecule has 0 aromatic carbocycles. The van der Waals surface area contributed by atoms with Crippen LogP contribution in [0.4, 0.5) is 0 Å². The zero-order chi connectivity index (χ0) is 13.5. The molecule has 2 fully saturated rings. The Kier molecular flexibility index (Phi) is 6.40. The summed E-state index contributed by atoms with van der Waals surface area (Å²) in [7, 11) is 0. The van der Waals surface area contributed by atoms with Gasteiger partial charge in [0.2, 0.25) is 0 Å². The number of unbranched alkanes of at least 4 members (excludes halogenated alkanes) is 7. The van der Waals surface area contributed by atoms with Crippen molar-refractivity contribution in [1.82, 2.24) is 0 Å². The summed E-state index contributed by atoms with van der Waals surface area (Å²) in [5.41, 5.74) is 0. The van der Waals surface area contributed by atoms with Crippen molar-refractivity contribution in [3.05, 3.63) is 0 Å². The molecule has 1 heteroatoms. The first kappa shape index (κ1) is 15.1. The van der Waals surface area contributed by atoms with Crippen molar-refractivity contribution in [3.8, 4) is 0 Å². The Morgan fingerprint density at radius 1 is 0.842 bits per heavy atom. The summed E-state index contributed by atoms with van der Waals surface area (Å²) < 4.78 is 0. The summed E-state index contributed by atoms with van der Waals surface area (Å²) in [5.74, 6) is 2.71. The maximum atomic E-state index is 12.3. The molecular formula is C18H32O. The lowest BCUT2D eigenvalue weighted by atomic mass is 9.90. The van der Waals surface area contributed by atoms with Gasteiger partial charge in [0.1, 0.15) is 5.78 Å². The van der Waals surface area contributed by atoms with Crippen LogP contribution in [0.5, 0.6) is 0 Å². The van der Waals surface area contributed by atoms with Gasteiger partial charge < -0.3 is 0 Å². The molecule has 0 heterocycles. The van der Waals surface area contributed by atoms with Gasteiger partial charge in [-0.3, -0.25) is 4.79 Å². The van der Waals surface area contributed by atoms with Crippen molar-refractivity contribution < 1.29 is 4.79 Å². The molecule has 0 amide bonds. The Balaban J connectivity index is 1.47. The molecule has 2 aliphatic rings. The van der Waals surface area contributed by atoms with Gasteiger partial charge in [-0.05, 0) is 43.9 Å². The fourth-order valence-corrected chi connectivity index (χ4v) is 3.42. The Hall–Kier alpha value is -0.330. The summed E-state index contributed by atoms with van der Waals surface area (Å²) in [6, 6.07) is 0. The quantitative estimate of drug-likeness (QED) is 0.424. The molecule has 0 N–H and O–H groups in total. The highest BCUT2D eigenvalue weighted by molar-refractivity contribution is 5.82. The Bertz CT molecular complexity index is 251. The predicted octanol–water partition coefficient (Wildman–Crippen LogP) is 5.52. The van der Waals surface area contributed by atoms with Crippen LogP contribution in [0.15, 0.2) is 0 Å². The molecule has 0 radical (unpaired) electrons. The molecule has 0 saturated heterocycles. The summed E-state index contributed by atoms with van der Waals surface area (Å²) >= 11 is 0. The van der Waals surface area contributed by atoms with E-state index in [1.54, 1.807) is 0 Å². The highest BCUT2D eigenvalue weighted by Gasteiger charge is 2.44. The minimum absolute atomic E-state index is 0.490. The predicted molar refractivity (Wildman–Crippen MR) is 81.2 cm³/mol. The second-order valence-corrected chi connectivity index (χ2v) is 6.89. The van der Waals surface area contributed by atoms with Crippen molar-refractivity contribution in [3.63, 3.8) is 0 Å². The number of hydrogen-bond acceptors (Lipinski definition) is 1. The van der Waals surface area contributed by atoms with Crippen LogP contribution in [-0.4, -0.2) is 5.78 Å². The van der Waals surface area contributed by atoms with Gasteiger partial charge in [0, 0.05) is 12.3 Å². The molecule has 0 aliphatic heterocycles. The Morgan fingerprint density at radius 2 is 1.32 bits per heavy atom. The van der Waals surface area contributed by atoms with Crippen LogP contribution >= 0.6 is 0 Å². The first-order valence-corrected chi connectivity index (χ1v) is 8.85. The number of hydrogen-bond donors (Lipinski definition) is 0. The van der Waals surface area contributed by atoms with Gasteiger partial charge in [-0.1, -0.05) is 51.9 Å². The molecule has 0 aromatic rings. The maximum absolute atomic E-state index is 12.3. The van der Waals surface area contributed by atoms with Crippen molar-refractivity contribution in [2.45, 2.75) is 90.4 Å². The smallest absolute Gasteiger partial charge is 0.136 e. The van der Waals surface area contributed by atoms with E-state index in [2.05, 4.69) is 6.92 Å². The molecule has 0 atom stereocenters. The van der Waals surface area contributed by atoms with Crippen molar-refractivity contribution in [1.29, 1.82) is 0 Å². The van der Waals surface area contributed by atoms with Crippen molar-refractivity contribution >= 4 is 5.78 Å². The zero-order valence-electron chi connectivity index (χ0n) is 12.8. The molecule has 0 aromatic heterocycles. The molecule has 0 spiro atoms. The van der Waals surface area contributed by atoms with Crippen molar-refractivity contribution in [2.24, 2.45) is 17.8 Å². The van der Waals surface area contributed by atoms with Crippen LogP contribution in [0.1, 0.15) is 90.4 Å². The number of Topliss-reactive ketones (excluding diaryl/α,β-unsaturated/α-hetero) is 1. The highest BCUT2D eigenvalue weighted by atomic mass is 16.1. The van der Waals surface area contributed by atoms with Gasteiger partial charge in [0.25, 0.3) is 0 Å². The summed E-state index contributed by atoms with van der Waals surface area (Å²) in [6.07, 6.45) is 16.9. The second-order valence-electron chi connectivity index (χ2n) is 6.89. The number of carbonyl (C=O) groups excluding carboxylic acids is 1. The zero-order valence-corrected chi connectivity index (χ0v) is 12.8. The number of ketones is 1. The van der Waals surface area contributed by atoms with Crippen LogP contribution < -0.4 is 0 Å². The van der Waals surface area contributed by atoms with E-state index < -0.39 is 0 Å². The average Bonchev–Trinajstić information content (AvgIpc) is 3.26. The SMILES string of the molecule is CCCCCCCCCCC(=O)C(C1CC1)C1CC1. The molecule has 19 heavy (non-hydrogen) atoms. The average molecular weight is 264 g/mol.